The molecule has 1 saturated carbocycles. The highest BCUT2D eigenvalue weighted by molar-refractivity contribution is 6.20. The Labute approximate surface area is 305 Å². The molecule has 5 N–H and O–H groups in total. The summed E-state index contributed by atoms with van der Waals surface area (Å²) in [5.74, 6) is -6.74. The van der Waals surface area contributed by atoms with E-state index in [1.807, 2.05) is 13.8 Å². The molecular weight excluding hydrogens is 688 g/mol. The number of carboxylic acids is 2. The minimum Gasteiger partial charge on any atom is -0.481 e. The van der Waals surface area contributed by atoms with Crippen LogP contribution in [0.3, 0.4) is 0 Å². The molecule has 1 amide bonds. The van der Waals surface area contributed by atoms with Crippen molar-refractivity contribution in [2.24, 2.45) is 10.9 Å². The van der Waals surface area contributed by atoms with Gasteiger partial charge in [-0.25, -0.2) is 0 Å². The second-order valence-electron chi connectivity index (χ2n) is 13.8. The van der Waals surface area contributed by atoms with Crippen molar-refractivity contribution in [1.29, 1.82) is 0 Å². The molecule has 53 heavy (non-hydrogen) atoms. The SMILES string of the molecule is C=CC1=C(C)C(Cc2[nH]c(C3C4N=C(CC5NC(C=O)C(C)=C5CCOC(=O)CC(=O)O)C(C)=C4C(=O)C3C(=O)OC)c(CCC(=O)O)c2C)NC1=O. The number of hydrogen-bond acceptors (Lipinski definition) is 11. The van der Waals surface area contributed by atoms with Crippen molar-refractivity contribution >= 4 is 47.6 Å². The molecule has 1 aliphatic carbocycles. The van der Waals surface area contributed by atoms with E-state index in [1.54, 1.807) is 13.8 Å². The molecule has 0 radical (unpaired) electrons. The van der Waals surface area contributed by atoms with Crippen LogP contribution >= 0.6 is 0 Å². The number of carbonyl (C=O) groups is 7. The average molecular weight is 733 g/mol. The number of hydrogen-bond donors (Lipinski definition) is 5. The van der Waals surface area contributed by atoms with Crippen LogP contribution < -0.4 is 10.6 Å². The van der Waals surface area contributed by atoms with Crippen molar-refractivity contribution in [3.63, 3.8) is 0 Å². The average Bonchev–Trinajstić information content (AvgIpc) is 3.84. The van der Waals surface area contributed by atoms with Gasteiger partial charge in [0.15, 0.2) is 5.78 Å². The summed E-state index contributed by atoms with van der Waals surface area (Å²) in [6, 6.07) is -2.20. The van der Waals surface area contributed by atoms with Crippen LogP contribution in [-0.4, -0.2) is 101 Å². The van der Waals surface area contributed by atoms with Crippen molar-refractivity contribution in [2.45, 2.75) is 96.3 Å². The molecule has 15 heteroatoms. The minimum atomic E-state index is -1.31. The van der Waals surface area contributed by atoms with Gasteiger partial charge in [-0.15, -0.1) is 0 Å². The fourth-order valence-corrected chi connectivity index (χ4v) is 8.11. The van der Waals surface area contributed by atoms with Gasteiger partial charge in [-0.1, -0.05) is 12.7 Å². The van der Waals surface area contributed by atoms with Crippen molar-refractivity contribution in [3.8, 4) is 0 Å². The van der Waals surface area contributed by atoms with Crippen LogP contribution in [0.5, 0.6) is 0 Å². The van der Waals surface area contributed by atoms with E-state index in [1.165, 1.54) is 13.2 Å². The zero-order valence-corrected chi connectivity index (χ0v) is 30.3. The number of methoxy groups -OCH3 is 1. The number of aldehydes is 1. The second-order valence-corrected chi connectivity index (χ2v) is 13.8. The molecule has 0 spiro atoms. The van der Waals surface area contributed by atoms with Gasteiger partial charge in [0.1, 0.15) is 18.6 Å². The predicted molar refractivity (Wildman–Crippen MR) is 189 cm³/mol. The number of aromatic nitrogens is 1. The van der Waals surface area contributed by atoms with E-state index in [0.717, 1.165) is 28.6 Å². The molecule has 6 unspecified atom stereocenters. The van der Waals surface area contributed by atoms with Crippen LogP contribution in [-0.2, 0) is 55.9 Å². The Kier molecular flexibility index (Phi) is 11.5. The van der Waals surface area contributed by atoms with Gasteiger partial charge in [-0.3, -0.25) is 39.1 Å². The molecule has 1 aromatic heterocycles. The number of fused-ring (bicyclic) bond motifs is 1. The molecule has 4 aliphatic rings. The summed E-state index contributed by atoms with van der Waals surface area (Å²) < 4.78 is 10.2. The zero-order chi connectivity index (χ0) is 38.9. The molecule has 4 heterocycles. The number of nitrogens with zero attached hydrogens (tertiary/aromatic N) is 1. The Hall–Kier alpha value is -5.44. The third-order valence-electron chi connectivity index (χ3n) is 10.9. The number of aliphatic carboxylic acids is 2. The van der Waals surface area contributed by atoms with E-state index >= 15 is 0 Å². The predicted octanol–water partition coefficient (Wildman–Crippen LogP) is 2.13. The molecule has 282 valence electrons. The molecule has 1 fully saturated rings. The quantitative estimate of drug-likeness (QED) is 0.0713. The van der Waals surface area contributed by atoms with Gasteiger partial charge in [0, 0.05) is 65.9 Å². The van der Waals surface area contributed by atoms with Gasteiger partial charge in [0.05, 0.1) is 31.8 Å². The maximum atomic E-state index is 14.2. The highest BCUT2D eigenvalue weighted by Crippen LogP contribution is 2.49. The topological polar surface area (TPSA) is 231 Å². The number of carbonyl (C=O) groups excluding carboxylic acids is 5. The summed E-state index contributed by atoms with van der Waals surface area (Å²) in [6.07, 6.45) is 2.24. The summed E-state index contributed by atoms with van der Waals surface area (Å²) in [5, 5.41) is 24.7. The lowest BCUT2D eigenvalue weighted by molar-refractivity contribution is -0.152. The first-order valence-corrected chi connectivity index (χ1v) is 17.4. The van der Waals surface area contributed by atoms with E-state index in [9.17, 15) is 38.7 Å². The number of H-pyrrole nitrogens is 1. The van der Waals surface area contributed by atoms with Gasteiger partial charge in [0.2, 0.25) is 0 Å². The Balaban J connectivity index is 1.51. The zero-order valence-electron chi connectivity index (χ0n) is 30.3. The highest BCUT2D eigenvalue weighted by atomic mass is 16.5. The molecule has 5 rings (SSSR count). The number of rotatable bonds is 16. The number of aliphatic imine (C=N–C) groups is 1. The molecular formula is C38H44N4O11. The maximum absolute atomic E-state index is 14.2. The summed E-state index contributed by atoms with van der Waals surface area (Å²) in [4.78, 5) is 95.0. The number of ether oxygens (including phenoxy) is 2. The van der Waals surface area contributed by atoms with E-state index in [-0.39, 0.29) is 44.2 Å². The van der Waals surface area contributed by atoms with Crippen molar-refractivity contribution in [1.82, 2.24) is 15.6 Å². The number of aromatic amines is 1. The van der Waals surface area contributed by atoms with Crippen molar-refractivity contribution in [3.05, 3.63) is 68.6 Å². The van der Waals surface area contributed by atoms with Gasteiger partial charge in [-0.05, 0) is 67.5 Å². The summed E-state index contributed by atoms with van der Waals surface area (Å²) in [5.41, 5.74) is 6.97. The second kappa shape index (κ2) is 15.7. The summed E-state index contributed by atoms with van der Waals surface area (Å²) >= 11 is 0. The van der Waals surface area contributed by atoms with Gasteiger partial charge >= 0.3 is 23.9 Å². The third-order valence-corrected chi connectivity index (χ3v) is 10.9. The molecule has 15 nitrogen and oxygen atoms in total. The monoisotopic (exact) mass is 732 g/mol. The molecule has 3 aliphatic heterocycles. The van der Waals surface area contributed by atoms with Gasteiger partial charge < -0.3 is 34.8 Å². The van der Waals surface area contributed by atoms with E-state index in [2.05, 4.69) is 22.2 Å². The Morgan fingerprint density at radius 1 is 0.981 bits per heavy atom. The lowest BCUT2D eigenvalue weighted by Crippen LogP contribution is -2.35. The van der Waals surface area contributed by atoms with E-state index in [4.69, 9.17) is 19.6 Å². The standard InChI is InChI=1S/C38H44N4O11/c1-7-20-16(2)24(42-37(20)50)12-23-18(4)22(8-9-28(44)45)34(40-23)32-33(38(51)52-6)36(49)31-19(5)25(41-35(31)32)13-26-21(17(3)27(15-43)39-26)10-11-53-30(48)14-29(46)47/h7,15,24,26-27,32-33,35,39-40H,1,8-14H2,2-6H3,(H,42,50)(H,44,45)(H,46,47). The molecule has 0 aromatic carbocycles. The maximum Gasteiger partial charge on any atom is 0.317 e. The van der Waals surface area contributed by atoms with Crippen molar-refractivity contribution in [2.75, 3.05) is 13.7 Å². The number of carboxylic acid groups (broad SMARTS) is 2. The molecule has 0 saturated heterocycles. The Morgan fingerprint density at radius 3 is 2.30 bits per heavy atom. The summed E-state index contributed by atoms with van der Waals surface area (Å²) in [7, 11) is 1.20. The first-order chi connectivity index (χ1) is 25.1. The van der Waals surface area contributed by atoms with Crippen LogP contribution in [0.1, 0.15) is 74.9 Å². The largest absolute Gasteiger partial charge is 0.481 e. The number of nitrogens with one attached hydrogen (secondary N) is 3. The number of esters is 2. The lowest BCUT2D eigenvalue weighted by Gasteiger charge is -2.21. The first-order valence-electron chi connectivity index (χ1n) is 17.4. The van der Waals surface area contributed by atoms with Gasteiger partial charge in [0.25, 0.3) is 5.91 Å². The van der Waals surface area contributed by atoms with Crippen LogP contribution in [0, 0.1) is 12.8 Å². The smallest absolute Gasteiger partial charge is 0.317 e. The summed E-state index contributed by atoms with van der Waals surface area (Å²) in [6.45, 7) is 10.9. The number of Topliss-reactive ketones (excluding diaryl/α,β-unsaturated/α-hetero) is 1. The Morgan fingerprint density at radius 2 is 1.70 bits per heavy atom. The van der Waals surface area contributed by atoms with Crippen LogP contribution in [0.25, 0.3) is 0 Å². The number of amides is 1. The number of allylic oxidation sites excluding steroid dienone is 1. The normalized spacial score (nSPS) is 25.1. The van der Waals surface area contributed by atoms with Crippen LogP contribution in [0.15, 0.2) is 51.1 Å². The fourth-order valence-electron chi connectivity index (χ4n) is 8.11. The fraction of sp³-hybridized carbons (Fsp3) is 0.474. The van der Waals surface area contributed by atoms with E-state index in [0.29, 0.717) is 45.8 Å². The number of ketones is 1. The first kappa shape index (κ1) is 38.8. The van der Waals surface area contributed by atoms with Crippen LogP contribution in [0.4, 0.5) is 0 Å². The molecule has 6 atom stereocenters. The van der Waals surface area contributed by atoms with Crippen molar-refractivity contribution < 1.29 is 53.2 Å². The molecule has 1 aromatic rings. The Bertz CT molecular complexity index is 1930. The van der Waals surface area contributed by atoms with Crippen LogP contribution in [0.2, 0.25) is 0 Å². The van der Waals surface area contributed by atoms with E-state index < -0.39 is 66.0 Å². The highest BCUT2D eigenvalue weighted by Gasteiger charge is 2.55. The third kappa shape index (κ3) is 7.43. The molecule has 0 bridgehead atoms. The minimum absolute atomic E-state index is 0.0958. The van der Waals surface area contributed by atoms with Gasteiger partial charge in [-0.2, -0.15) is 0 Å². The lowest BCUT2D eigenvalue weighted by atomic mass is 9.86.